The largest absolute Gasteiger partial charge is 0.495 e. The SMILES string of the molecule is COc1ccccc1NC(=O)Nc1ccc(C2=CSC3=NCCN23)cc1. The molecule has 0 fully saturated rings. The summed E-state index contributed by atoms with van der Waals surface area (Å²) in [6.07, 6.45) is 0. The van der Waals surface area contributed by atoms with Gasteiger partial charge in [0.1, 0.15) is 5.75 Å². The number of carbonyl (C=O) groups excluding carboxylic acids is 1. The summed E-state index contributed by atoms with van der Waals surface area (Å²) in [7, 11) is 1.57. The summed E-state index contributed by atoms with van der Waals surface area (Å²) < 4.78 is 5.24. The fourth-order valence-corrected chi connectivity index (χ4v) is 3.87. The molecule has 6 nitrogen and oxygen atoms in total. The number of hydrogen-bond donors (Lipinski definition) is 2. The highest BCUT2D eigenvalue weighted by atomic mass is 32.2. The monoisotopic (exact) mass is 366 g/mol. The van der Waals surface area contributed by atoms with Crippen molar-refractivity contribution in [3.63, 3.8) is 0 Å². The number of para-hydroxylation sites is 2. The normalized spacial score (nSPS) is 15.2. The molecule has 2 aliphatic heterocycles. The van der Waals surface area contributed by atoms with Gasteiger partial charge in [0.05, 0.1) is 25.0 Å². The molecule has 0 aliphatic carbocycles. The summed E-state index contributed by atoms with van der Waals surface area (Å²) in [6, 6.07) is 14.8. The summed E-state index contributed by atoms with van der Waals surface area (Å²) >= 11 is 1.66. The molecule has 0 aromatic heterocycles. The van der Waals surface area contributed by atoms with Crippen LogP contribution in [0, 0.1) is 0 Å². The Hall–Kier alpha value is -2.93. The number of nitrogens with zero attached hydrogens (tertiary/aromatic N) is 2. The van der Waals surface area contributed by atoms with Gasteiger partial charge in [-0.25, -0.2) is 4.79 Å². The summed E-state index contributed by atoms with van der Waals surface area (Å²) in [4.78, 5) is 18.9. The number of anilines is 2. The second kappa shape index (κ2) is 7.13. The standard InChI is InChI=1S/C19H18N4O2S/c1-25-17-5-3-2-4-15(17)22-18(24)21-14-8-6-13(7-9-14)16-12-26-19-20-10-11-23(16)19/h2-9,12H,10-11H2,1H3,(H2,21,22,24). The highest BCUT2D eigenvalue weighted by molar-refractivity contribution is 8.16. The molecular formula is C19H18N4O2S. The van der Waals surface area contributed by atoms with E-state index in [1.165, 1.54) is 0 Å². The quantitative estimate of drug-likeness (QED) is 0.856. The molecule has 2 N–H and O–H groups in total. The number of amidine groups is 1. The van der Waals surface area contributed by atoms with Crippen LogP contribution in [0.15, 0.2) is 58.9 Å². The molecule has 0 radical (unpaired) electrons. The Balaban J connectivity index is 1.41. The lowest BCUT2D eigenvalue weighted by Gasteiger charge is -2.17. The molecule has 132 valence electrons. The van der Waals surface area contributed by atoms with Gasteiger partial charge < -0.3 is 20.3 Å². The number of aliphatic imine (C=N–C) groups is 1. The van der Waals surface area contributed by atoms with E-state index in [0.29, 0.717) is 11.4 Å². The van der Waals surface area contributed by atoms with Crippen molar-refractivity contribution in [1.29, 1.82) is 0 Å². The van der Waals surface area contributed by atoms with Crippen LogP contribution in [0.4, 0.5) is 16.2 Å². The third-order valence-corrected chi connectivity index (χ3v) is 5.06. The number of hydrogen-bond acceptors (Lipinski definition) is 5. The lowest BCUT2D eigenvalue weighted by Crippen LogP contribution is -2.20. The number of nitrogens with one attached hydrogen (secondary N) is 2. The van der Waals surface area contributed by atoms with E-state index in [0.717, 1.165) is 35.2 Å². The van der Waals surface area contributed by atoms with Gasteiger partial charge in [-0.3, -0.25) is 4.99 Å². The van der Waals surface area contributed by atoms with E-state index in [-0.39, 0.29) is 6.03 Å². The number of methoxy groups -OCH3 is 1. The molecule has 4 rings (SSSR count). The zero-order valence-electron chi connectivity index (χ0n) is 14.2. The van der Waals surface area contributed by atoms with Crippen molar-refractivity contribution in [2.45, 2.75) is 0 Å². The molecule has 0 atom stereocenters. The third kappa shape index (κ3) is 3.25. The van der Waals surface area contributed by atoms with E-state index in [2.05, 4.69) is 25.9 Å². The first-order chi connectivity index (χ1) is 12.7. The van der Waals surface area contributed by atoms with E-state index >= 15 is 0 Å². The van der Waals surface area contributed by atoms with Crippen LogP contribution in [-0.4, -0.2) is 36.3 Å². The minimum atomic E-state index is -0.313. The van der Waals surface area contributed by atoms with Gasteiger partial charge in [-0.15, -0.1) is 0 Å². The molecule has 2 aromatic carbocycles. The molecule has 0 bridgehead atoms. The summed E-state index contributed by atoms with van der Waals surface area (Å²) in [5, 5.41) is 8.82. The Kier molecular flexibility index (Phi) is 4.53. The predicted octanol–water partition coefficient (Wildman–Crippen LogP) is 4.06. The van der Waals surface area contributed by atoms with Crippen molar-refractivity contribution in [3.05, 3.63) is 59.5 Å². The van der Waals surface area contributed by atoms with Crippen LogP contribution >= 0.6 is 11.8 Å². The van der Waals surface area contributed by atoms with Gasteiger partial charge in [-0.05, 0) is 29.8 Å². The van der Waals surface area contributed by atoms with Gasteiger partial charge in [-0.2, -0.15) is 0 Å². The Morgan fingerprint density at radius 1 is 1.15 bits per heavy atom. The average Bonchev–Trinajstić information content (AvgIpc) is 3.26. The van der Waals surface area contributed by atoms with Crippen LogP contribution in [0.2, 0.25) is 0 Å². The van der Waals surface area contributed by atoms with Gasteiger partial charge >= 0.3 is 6.03 Å². The minimum absolute atomic E-state index is 0.313. The maximum absolute atomic E-state index is 12.2. The predicted molar refractivity (Wildman–Crippen MR) is 107 cm³/mol. The summed E-state index contributed by atoms with van der Waals surface area (Å²) in [6.45, 7) is 1.78. The Morgan fingerprint density at radius 3 is 2.77 bits per heavy atom. The van der Waals surface area contributed by atoms with Crippen LogP contribution < -0.4 is 15.4 Å². The number of urea groups is 1. The van der Waals surface area contributed by atoms with Crippen LogP contribution in [0.3, 0.4) is 0 Å². The second-order valence-corrected chi connectivity index (χ2v) is 6.63. The van der Waals surface area contributed by atoms with Crippen LogP contribution in [0.5, 0.6) is 5.75 Å². The highest BCUT2D eigenvalue weighted by Crippen LogP contribution is 2.35. The zero-order valence-corrected chi connectivity index (χ0v) is 15.0. The number of fused-ring (bicyclic) bond motifs is 1. The number of benzene rings is 2. The molecule has 0 spiro atoms. The van der Waals surface area contributed by atoms with Crippen molar-refractivity contribution >= 4 is 40.0 Å². The number of thioether (sulfide) groups is 1. The third-order valence-electron chi connectivity index (χ3n) is 4.16. The van der Waals surface area contributed by atoms with Gasteiger partial charge in [0.15, 0.2) is 5.17 Å². The molecule has 0 saturated carbocycles. The first-order valence-corrected chi connectivity index (χ1v) is 9.13. The molecule has 26 heavy (non-hydrogen) atoms. The van der Waals surface area contributed by atoms with Crippen molar-refractivity contribution in [3.8, 4) is 5.75 Å². The minimum Gasteiger partial charge on any atom is -0.495 e. The topological polar surface area (TPSA) is 66.0 Å². The van der Waals surface area contributed by atoms with E-state index in [9.17, 15) is 4.79 Å². The molecule has 2 aromatic rings. The molecule has 2 amide bonds. The fourth-order valence-electron chi connectivity index (χ4n) is 2.90. The molecule has 2 heterocycles. The molecule has 0 unspecified atom stereocenters. The van der Waals surface area contributed by atoms with Crippen molar-refractivity contribution < 1.29 is 9.53 Å². The first kappa shape index (κ1) is 16.5. The number of ether oxygens (including phenoxy) is 1. The van der Waals surface area contributed by atoms with E-state index in [1.54, 1.807) is 31.0 Å². The van der Waals surface area contributed by atoms with Crippen molar-refractivity contribution in [2.24, 2.45) is 4.99 Å². The van der Waals surface area contributed by atoms with E-state index < -0.39 is 0 Å². The second-order valence-electron chi connectivity index (χ2n) is 5.79. The smallest absolute Gasteiger partial charge is 0.323 e. The number of amides is 2. The lowest BCUT2D eigenvalue weighted by molar-refractivity contribution is 0.262. The Bertz CT molecular complexity index is 893. The number of carbonyl (C=O) groups is 1. The van der Waals surface area contributed by atoms with Gasteiger partial charge in [0.25, 0.3) is 0 Å². The molecule has 0 saturated heterocycles. The average molecular weight is 366 g/mol. The van der Waals surface area contributed by atoms with Crippen LogP contribution in [-0.2, 0) is 0 Å². The lowest BCUT2D eigenvalue weighted by atomic mass is 10.1. The highest BCUT2D eigenvalue weighted by Gasteiger charge is 2.26. The maximum atomic E-state index is 12.2. The molecular weight excluding hydrogens is 348 g/mol. The summed E-state index contributed by atoms with van der Waals surface area (Å²) in [5.74, 6) is 0.617. The molecule has 2 aliphatic rings. The first-order valence-electron chi connectivity index (χ1n) is 8.25. The summed E-state index contributed by atoms with van der Waals surface area (Å²) in [5.41, 5.74) is 3.62. The van der Waals surface area contributed by atoms with E-state index in [1.807, 2.05) is 36.4 Å². The zero-order chi connectivity index (χ0) is 17.9. The van der Waals surface area contributed by atoms with Crippen molar-refractivity contribution in [2.75, 3.05) is 30.8 Å². The van der Waals surface area contributed by atoms with Gasteiger partial charge in [0, 0.05) is 17.6 Å². The van der Waals surface area contributed by atoms with E-state index in [4.69, 9.17) is 4.74 Å². The number of rotatable bonds is 4. The fraction of sp³-hybridized carbons (Fsp3) is 0.158. The van der Waals surface area contributed by atoms with Crippen LogP contribution in [0.1, 0.15) is 5.56 Å². The molecule has 7 heteroatoms. The Labute approximate surface area is 155 Å². The Morgan fingerprint density at radius 2 is 1.96 bits per heavy atom. The van der Waals surface area contributed by atoms with Gasteiger partial charge in [-0.1, -0.05) is 36.0 Å². The maximum Gasteiger partial charge on any atom is 0.323 e. The van der Waals surface area contributed by atoms with Crippen LogP contribution in [0.25, 0.3) is 5.70 Å². The van der Waals surface area contributed by atoms with Crippen molar-refractivity contribution in [1.82, 2.24) is 4.90 Å². The van der Waals surface area contributed by atoms with Gasteiger partial charge in [0.2, 0.25) is 0 Å².